The lowest BCUT2D eigenvalue weighted by molar-refractivity contribution is -0.139. The summed E-state index contributed by atoms with van der Waals surface area (Å²) < 4.78 is 1.91. The van der Waals surface area contributed by atoms with Gasteiger partial charge in [-0.25, -0.2) is 4.98 Å². The number of aryl methyl sites for hydroxylation is 3. The highest BCUT2D eigenvalue weighted by atomic mass is 16.3. The number of imidazole rings is 1. The molecule has 0 bridgehead atoms. The number of nitrogens with zero attached hydrogens (tertiary/aromatic N) is 3. The summed E-state index contributed by atoms with van der Waals surface area (Å²) in [5.74, 6) is -1.44. The first-order chi connectivity index (χ1) is 15.4. The SMILES string of the molecule is Cc1ccc(C)c(C(O)=C2C(=O)C(=O)N(CCCn3ccnc3)C2c2ccc(O)cc2)c1. The molecule has 1 aliphatic rings. The molecule has 1 unspecified atom stereocenters. The normalized spacial score (nSPS) is 17.8. The molecule has 1 saturated heterocycles. The summed E-state index contributed by atoms with van der Waals surface area (Å²) in [4.78, 5) is 31.6. The third-order valence-corrected chi connectivity index (χ3v) is 5.77. The van der Waals surface area contributed by atoms with Gasteiger partial charge in [0.25, 0.3) is 11.7 Å². The summed E-state index contributed by atoms with van der Waals surface area (Å²) in [6.07, 6.45) is 5.84. The average molecular weight is 431 g/mol. The molecule has 4 rings (SSSR count). The highest BCUT2D eigenvalue weighted by Gasteiger charge is 2.45. The monoisotopic (exact) mass is 431 g/mol. The van der Waals surface area contributed by atoms with Crippen molar-refractivity contribution < 1.29 is 19.8 Å². The molecule has 1 atom stereocenters. The summed E-state index contributed by atoms with van der Waals surface area (Å²) in [6.45, 7) is 4.73. The van der Waals surface area contributed by atoms with Crippen LogP contribution in [0.3, 0.4) is 0 Å². The maximum absolute atomic E-state index is 13.1. The maximum Gasteiger partial charge on any atom is 0.295 e. The molecule has 1 fully saturated rings. The fraction of sp³-hybridized carbons (Fsp3) is 0.240. The number of hydrogen-bond acceptors (Lipinski definition) is 5. The molecule has 2 N–H and O–H groups in total. The second-order valence-electron chi connectivity index (χ2n) is 8.06. The van der Waals surface area contributed by atoms with Gasteiger partial charge < -0.3 is 19.7 Å². The van der Waals surface area contributed by atoms with Crippen LogP contribution in [0.4, 0.5) is 0 Å². The first kappa shape index (κ1) is 21.4. The van der Waals surface area contributed by atoms with E-state index < -0.39 is 17.7 Å². The zero-order chi connectivity index (χ0) is 22.8. The van der Waals surface area contributed by atoms with Gasteiger partial charge in [0.05, 0.1) is 17.9 Å². The van der Waals surface area contributed by atoms with Crippen molar-refractivity contribution in [1.82, 2.24) is 14.5 Å². The molecule has 1 aliphatic heterocycles. The van der Waals surface area contributed by atoms with Crippen LogP contribution in [0.25, 0.3) is 5.76 Å². The molecule has 0 aliphatic carbocycles. The predicted molar refractivity (Wildman–Crippen MR) is 120 cm³/mol. The van der Waals surface area contributed by atoms with Crippen LogP contribution in [0.5, 0.6) is 5.75 Å². The van der Waals surface area contributed by atoms with E-state index >= 15 is 0 Å². The number of phenolic OH excluding ortho intramolecular Hbond substituents is 1. The quantitative estimate of drug-likeness (QED) is 0.352. The number of aromatic hydroxyl groups is 1. The molecule has 1 amide bonds. The standard InChI is InChI=1S/C25H25N3O4/c1-16-4-5-17(2)20(14-16)23(30)21-22(18-6-8-19(29)9-7-18)28(25(32)24(21)31)12-3-11-27-13-10-26-15-27/h4-10,13-15,22,29-30H,3,11-12H2,1-2H3. The van der Waals surface area contributed by atoms with Crippen molar-refractivity contribution in [2.75, 3.05) is 6.54 Å². The molecule has 7 nitrogen and oxygen atoms in total. The molecule has 3 aromatic rings. The van der Waals surface area contributed by atoms with Crippen molar-refractivity contribution in [3.8, 4) is 5.75 Å². The molecule has 2 aromatic carbocycles. The molecule has 0 saturated carbocycles. The lowest BCUT2D eigenvalue weighted by Gasteiger charge is -2.25. The van der Waals surface area contributed by atoms with Crippen LogP contribution in [0.15, 0.2) is 66.8 Å². The Morgan fingerprint density at radius 3 is 2.50 bits per heavy atom. The van der Waals surface area contributed by atoms with Gasteiger partial charge in [-0.3, -0.25) is 9.59 Å². The number of rotatable bonds is 6. The number of amides is 1. The van der Waals surface area contributed by atoms with Crippen LogP contribution in [-0.4, -0.2) is 42.9 Å². The maximum atomic E-state index is 13.1. The molecule has 7 heteroatoms. The minimum atomic E-state index is -0.738. The number of benzene rings is 2. The van der Waals surface area contributed by atoms with Gasteiger partial charge in [-0.05, 0) is 49.6 Å². The van der Waals surface area contributed by atoms with Crippen LogP contribution in [-0.2, 0) is 16.1 Å². The smallest absolute Gasteiger partial charge is 0.295 e. The Morgan fingerprint density at radius 2 is 1.81 bits per heavy atom. The van der Waals surface area contributed by atoms with Crippen molar-refractivity contribution in [2.45, 2.75) is 32.9 Å². The highest BCUT2D eigenvalue weighted by Crippen LogP contribution is 2.40. The summed E-state index contributed by atoms with van der Waals surface area (Å²) >= 11 is 0. The third kappa shape index (κ3) is 4.01. The minimum Gasteiger partial charge on any atom is -0.508 e. The van der Waals surface area contributed by atoms with Gasteiger partial charge in [0.15, 0.2) is 0 Å². The Morgan fingerprint density at radius 1 is 1.06 bits per heavy atom. The van der Waals surface area contributed by atoms with E-state index in [-0.39, 0.29) is 17.1 Å². The van der Waals surface area contributed by atoms with E-state index in [1.165, 1.54) is 17.0 Å². The molecule has 1 aromatic heterocycles. The van der Waals surface area contributed by atoms with Gasteiger partial charge in [-0.15, -0.1) is 0 Å². The van der Waals surface area contributed by atoms with Crippen molar-refractivity contribution in [2.24, 2.45) is 0 Å². The Hall–Kier alpha value is -3.87. The van der Waals surface area contributed by atoms with Crippen LogP contribution in [0.2, 0.25) is 0 Å². The first-order valence-electron chi connectivity index (χ1n) is 10.5. The van der Waals surface area contributed by atoms with E-state index in [4.69, 9.17) is 0 Å². The Labute approximate surface area is 186 Å². The number of ketones is 1. The second-order valence-corrected chi connectivity index (χ2v) is 8.06. The highest BCUT2D eigenvalue weighted by molar-refractivity contribution is 6.46. The summed E-state index contributed by atoms with van der Waals surface area (Å²) in [7, 11) is 0. The Kier molecular flexibility index (Phi) is 5.81. The van der Waals surface area contributed by atoms with Crippen LogP contribution in [0.1, 0.15) is 34.7 Å². The van der Waals surface area contributed by atoms with Gasteiger partial charge in [0.2, 0.25) is 0 Å². The largest absolute Gasteiger partial charge is 0.508 e. The van der Waals surface area contributed by atoms with Crippen LogP contribution < -0.4 is 0 Å². The molecule has 0 spiro atoms. The lowest BCUT2D eigenvalue weighted by atomic mass is 9.93. The van der Waals surface area contributed by atoms with Crippen LogP contribution >= 0.6 is 0 Å². The number of aliphatic hydroxyl groups excluding tert-OH is 1. The molecule has 0 radical (unpaired) electrons. The van der Waals surface area contributed by atoms with E-state index in [0.717, 1.165) is 11.1 Å². The molecule has 2 heterocycles. The summed E-state index contributed by atoms with van der Waals surface area (Å²) in [5, 5.41) is 20.9. The van der Waals surface area contributed by atoms with E-state index in [2.05, 4.69) is 4.98 Å². The average Bonchev–Trinajstić information content (AvgIpc) is 3.38. The lowest BCUT2D eigenvalue weighted by Crippen LogP contribution is -2.31. The minimum absolute atomic E-state index is 0.0667. The number of likely N-dealkylation sites (tertiary alicyclic amines) is 1. The topological polar surface area (TPSA) is 95.7 Å². The van der Waals surface area contributed by atoms with Gasteiger partial charge in [-0.2, -0.15) is 0 Å². The predicted octanol–water partition coefficient (Wildman–Crippen LogP) is 3.72. The van der Waals surface area contributed by atoms with E-state index in [0.29, 0.717) is 30.6 Å². The first-order valence-corrected chi connectivity index (χ1v) is 10.5. The molecule has 164 valence electrons. The molecular weight excluding hydrogens is 406 g/mol. The van der Waals surface area contributed by atoms with Crippen molar-refractivity contribution in [3.63, 3.8) is 0 Å². The number of hydrogen-bond donors (Lipinski definition) is 2. The van der Waals surface area contributed by atoms with Crippen molar-refractivity contribution >= 4 is 17.4 Å². The Balaban J connectivity index is 1.76. The van der Waals surface area contributed by atoms with Gasteiger partial charge in [0.1, 0.15) is 11.5 Å². The fourth-order valence-electron chi connectivity index (χ4n) is 4.09. The second kappa shape index (κ2) is 8.70. The number of phenols is 1. The molecular formula is C25H25N3O4. The van der Waals surface area contributed by atoms with Crippen molar-refractivity contribution in [3.05, 3.63) is 89.0 Å². The summed E-state index contributed by atoms with van der Waals surface area (Å²) in [5.41, 5.74) is 3.00. The number of aliphatic hydroxyl groups is 1. The zero-order valence-electron chi connectivity index (χ0n) is 18.0. The third-order valence-electron chi connectivity index (χ3n) is 5.77. The molecule has 32 heavy (non-hydrogen) atoms. The van der Waals surface area contributed by atoms with E-state index in [9.17, 15) is 19.8 Å². The fourth-order valence-corrected chi connectivity index (χ4v) is 4.09. The number of aromatic nitrogens is 2. The van der Waals surface area contributed by atoms with Crippen molar-refractivity contribution in [1.29, 1.82) is 0 Å². The van der Waals surface area contributed by atoms with E-state index in [1.54, 1.807) is 24.7 Å². The van der Waals surface area contributed by atoms with Gasteiger partial charge in [0, 0.05) is 31.0 Å². The van der Waals surface area contributed by atoms with Gasteiger partial charge >= 0.3 is 0 Å². The number of carbonyl (C=O) groups excluding carboxylic acids is 2. The van der Waals surface area contributed by atoms with Crippen LogP contribution in [0, 0.1) is 13.8 Å². The zero-order valence-corrected chi connectivity index (χ0v) is 18.0. The van der Waals surface area contributed by atoms with E-state index in [1.807, 2.05) is 42.8 Å². The summed E-state index contributed by atoms with van der Waals surface area (Å²) in [6, 6.07) is 11.2. The Bertz CT molecular complexity index is 1180. The van der Waals surface area contributed by atoms with Gasteiger partial charge in [-0.1, -0.05) is 29.8 Å². The number of carbonyl (C=O) groups is 2. The number of Topliss-reactive ketones (excluding diaryl/α,β-unsaturated/α-hetero) is 1.